The first kappa shape index (κ1) is 24.1. The molecule has 1 aliphatic carbocycles. The largest absolute Gasteiger partial charge is 0.350 e. The van der Waals surface area contributed by atoms with E-state index in [0.717, 1.165) is 45.4 Å². The average molecular weight is 473 g/mol. The van der Waals surface area contributed by atoms with Crippen LogP contribution in [-0.2, 0) is 20.9 Å². The maximum atomic E-state index is 13.2. The van der Waals surface area contributed by atoms with Crippen LogP contribution < -0.4 is 10.6 Å². The van der Waals surface area contributed by atoms with E-state index in [0.29, 0.717) is 18.3 Å². The zero-order valence-corrected chi connectivity index (χ0v) is 19.4. The molecule has 0 spiro atoms. The summed E-state index contributed by atoms with van der Waals surface area (Å²) in [5.41, 5.74) is 0.605. The van der Waals surface area contributed by atoms with Crippen molar-refractivity contribution in [3.8, 4) is 0 Å². The molecule has 0 aromatic heterocycles. The Bertz CT molecular complexity index is 948. The van der Waals surface area contributed by atoms with Gasteiger partial charge in [0.1, 0.15) is 6.54 Å². The van der Waals surface area contributed by atoms with Gasteiger partial charge in [0.2, 0.25) is 17.7 Å². The third-order valence-corrected chi connectivity index (χ3v) is 7.22. The minimum absolute atomic E-state index is 0.00122. The Morgan fingerprint density at radius 1 is 1.21 bits per heavy atom. The number of non-ortho nitro benzene ring substituents is 1. The van der Waals surface area contributed by atoms with Gasteiger partial charge < -0.3 is 15.1 Å². The highest BCUT2D eigenvalue weighted by molar-refractivity contribution is 5.87. The van der Waals surface area contributed by atoms with Crippen molar-refractivity contribution in [3.05, 3.63) is 39.9 Å². The normalized spacial score (nSPS) is 25.6. The van der Waals surface area contributed by atoms with Gasteiger partial charge >= 0.3 is 0 Å². The summed E-state index contributed by atoms with van der Waals surface area (Å²) in [6, 6.07) is 6.56. The van der Waals surface area contributed by atoms with Gasteiger partial charge in [-0.2, -0.15) is 0 Å². The molecular weight excluding hydrogens is 440 g/mol. The van der Waals surface area contributed by atoms with Crippen LogP contribution in [0.4, 0.5) is 5.69 Å². The number of piperazine rings is 1. The highest BCUT2D eigenvalue weighted by atomic mass is 16.6. The molecule has 11 heteroatoms. The van der Waals surface area contributed by atoms with Crippen LogP contribution in [0.25, 0.3) is 0 Å². The summed E-state index contributed by atoms with van der Waals surface area (Å²) in [7, 11) is 0. The van der Waals surface area contributed by atoms with E-state index < -0.39 is 4.92 Å². The number of hydrogen-bond acceptors (Lipinski definition) is 7. The molecule has 3 fully saturated rings. The van der Waals surface area contributed by atoms with Crippen molar-refractivity contribution < 1.29 is 19.3 Å². The molecule has 11 nitrogen and oxygen atoms in total. The number of rotatable bonds is 6. The van der Waals surface area contributed by atoms with Crippen LogP contribution in [0.15, 0.2) is 24.3 Å². The Morgan fingerprint density at radius 3 is 2.68 bits per heavy atom. The first-order chi connectivity index (χ1) is 16.3. The highest BCUT2D eigenvalue weighted by Gasteiger charge is 2.42. The van der Waals surface area contributed by atoms with E-state index in [9.17, 15) is 24.5 Å². The van der Waals surface area contributed by atoms with Crippen molar-refractivity contribution in [2.45, 2.75) is 44.8 Å². The van der Waals surface area contributed by atoms with Gasteiger partial charge in [-0.15, -0.1) is 0 Å². The van der Waals surface area contributed by atoms with Crippen molar-refractivity contribution in [3.63, 3.8) is 0 Å². The molecule has 0 radical (unpaired) electrons. The van der Waals surface area contributed by atoms with Crippen molar-refractivity contribution >= 4 is 23.4 Å². The zero-order chi connectivity index (χ0) is 24.2. The summed E-state index contributed by atoms with van der Waals surface area (Å²) in [5.74, 6) is -0.355. The standard InChI is InChI=1S/C23H32N6O5/c1-16(30)26-7-9-27(10-8-26)18-5-6-21-20(12-18)23(32)28(15-25-21)14-22(31)24-13-17-3-2-4-19(11-17)29(33)34/h2-4,11,18,20-21,25H,5-10,12-15H2,1H3,(H,24,31). The van der Waals surface area contributed by atoms with Crippen molar-refractivity contribution in [1.82, 2.24) is 25.3 Å². The van der Waals surface area contributed by atoms with E-state index in [1.54, 1.807) is 24.0 Å². The van der Waals surface area contributed by atoms with Crippen LogP contribution in [0.3, 0.4) is 0 Å². The fourth-order valence-corrected chi connectivity index (χ4v) is 5.28. The maximum Gasteiger partial charge on any atom is 0.269 e. The van der Waals surface area contributed by atoms with E-state index in [4.69, 9.17) is 0 Å². The second-order valence-electron chi connectivity index (χ2n) is 9.32. The summed E-state index contributed by atoms with van der Waals surface area (Å²) < 4.78 is 0. The second kappa shape index (κ2) is 10.5. The smallest absolute Gasteiger partial charge is 0.269 e. The van der Waals surface area contributed by atoms with E-state index in [-0.39, 0.29) is 48.5 Å². The summed E-state index contributed by atoms with van der Waals surface area (Å²) in [5, 5.41) is 17.1. The lowest BCUT2D eigenvalue weighted by Gasteiger charge is -2.47. The van der Waals surface area contributed by atoms with Crippen molar-refractivity contribution in [2.75, 3.05) is 39.4 Å². The monoisotopic (exact) mass is 472 g/mol. The molecule has 2 aliphatic heterocycles. The Kier molecular flexibility index (Phi) is 7.42. The Hall–Kier alpha value is -3.05. The number of benzene rings is 1. The number of fused-ring (bicyclic) bond motifs is 1. The van der Waals surface area contributed by atoms with Gasteiger partial charge in [0.05, 0.1) is 17.5 Å². The molecule has 3 atom stereocenters. The Balaban J connectivity index is 1.28. The van der Waals surface area contributed by atoms with Gasteiger partial charge in [-0.25, -0.2) is 0 Å². The summed E-state index contributed by atoms with van der Waals surface area (Å²) >= 11 is 0. The molecule has 0 bridgehead atoms. The van der Waals surface area contributed by atoms with Gasteiger partial charge in [0.25, 0.3) is 5.69 Å². The molecule has 3 amide bonds. The second-order valence-corrected chi connectivity index (χ2v) is 9.32. The Labute approximate surface area is 198 Å². The predicted octanol–water partition coefficient (Wildman–Crippen LogP) is 0.302. The summed E-state index contributed by atoms with van der Waals surface area (Å²) in [4.78, 5) is 53.6. The topological polar surface area (TPSA) is 128 Å². The number of carbonyl (C=O) groups is 3. The first-order valence-corrected chi connectivity index (χ1v) is 11.8. The van der Waals surface area contributed by atoms with Crippen molar-refractivity contribution in [1.29, 1.82) is 0 Å². The van der Waals surface area contributed by atoms with E-state index in [1.807, 2.05) is 4.90 Å². The van der Waals surface area contributed by atoms with Crippen LogP contribution >= 0.6 is 0 Å². The lowest BCUT2D eigenvalue weighted by atomic mass is 9.79. The number of nitrogens with one attached hydrogen (secondary N) is 2. The summed E-state index contributed by atoms with van der Waals surface area (Å²) in [6.07, 6.45) is 2.69. The van der Waals surface area contributed by atoms with Crippen LogP contribution in [-0.4, -0.2) is 88.8 Å². The number of hydrogen-bond donors (Lipinski definition) is 2. The molecule has 3 unspecified atom stereocenters. The molecule has 1 saturated carbocycles. The predicted molar refractivity (Wildman–Crippen MR) is 123 cm³/mol. The molecular formula is C23H32N6O5. The number of amides is 3. The van der Waals surface area contributed by atoms with Gasteiger partial charge in [-0.05, 0) is 24.8 Å². The van der Waals surface area contributed by atoms with E-state index in [2.05, 4.69) is 15.5 Å². The summed E-state index contributed by atoms with van der Waals surface area (Å²) in [6.45, 7) is 5.15. The van der Waals surface area contributed by atoms with Crippen LogP contribution in [0, 0.1) is 16.0 Å². The third kappa shape index (κ3) is 5.53. The average Bonchev–Trinajstić information content (AvgIpc) is 2.84. The van der Waals surface area contributed by atoms with Gasteiger partial charge in [-0.3, -0.25) is 34.7 Å². The van der Waals surface area contributed by atoms with E-state index >= 15 is 0 Å². The lowest BCUT2D eigenvalue weighted by Crippen LogP contribution is -2.62. The van der Waals surface area contributed by atoms with Crippen LogP contribution in [0.1, 0.15) is 31.7 Å². The van der Waals surface area contributed by atoms with Gasteiger partial charge in [0, 0.05) is 63.9 Å². The zero-order valence-electron chi connectivity index (χ0n) is 19.4. The molecule has 2 N–H and O–H groups in total. The maximum absolute atomic E-state index is 13.2. The Morgan fingerprint density at radius 2 is 1.97 bits per heavy atom. The molecule has 1 aromatic carbocycles. The molecule has 4 rings (SSSR count). The molecule has 184 valence electrons. The minimum Gasteiger partial charge on any atom is -0.350 e. The van der Waals surface area contributed by atoms with Gasteiger partial charge in [0.15, 0.2) is 0 Å². The SMILES string of the molecule is CC(=O)N1CCN(C2CCC3NCN(CC(=O)NCc4cccc([N+](=O)[O-])c4)C(=O)C3C2)CC1. The molecule has 34 heavy (non-hydrogen) atoms. The highest BCUT2D eigenvalue weighted by Crippen LogP contribution is 2.32. The first-order valence-electron chi connectivity index (χ1n) is 11.8. The quantitative estimate of drug-likeness (QED) is 0.450. The van der Waals surface area contributed by atoms with Gasteiger partial charge in [-0.1, -0.05) is 12.1 Å². The fourth-order valence-electron chi connectivity index (χ4n) is 5.28. The van der Waals surface area contributed by atoms with Crippen LogP contribution in [0.2, 0.25) is 0 Å². The number of nitro benzene ring substituents is 1. The number of carbonyl (C=O) groups excluding carboxylic acids is 3. The molecule has 2 saturated heterocycles. The van der Waals surface area contributed by atoms with Crippen LogP contribution in [0.5, 0.6) is 0 Å². The number of nitrogens with zero attached hydrogens (tertiary/aromatic N) is 4. The number of nitro groups is 1. The minimum atomic E-state index is -0.472. The molecule has 3 aliphatic rings. The fraction of sp³-hybridized carbons (Fsp3) is 0.609. The lowest BCUT2D eigenvalue weighted by molar-refractivity contribution is -0.384. The molecule has 2 heterocycles. The third-order valence-electron chi connectivity index (χ3n) is 7.22. The van der Waals surface area contributed by atoms with E-state index in [1.165, 1.54) is 12.1 Å². The van der Waals surface area contributed by atoms with Crippen molar-refractivity contribution in [2.24, 2.45) is 5.92 Å². The molecule has 1 aromatic rings.